The van der Waals surface area contributed by atoms with Crippen molar-refractivity contribution in [3.63, 3.8) is 0 Å². The molecule has 1 heterocycles. The average Bonchev–Trinajstić information content (AvgIpc) is 2.69. The van der Waals surface area contributed by atoms with E-state index in [0.29, 0.717) is 18.0 Å². The Bertz CT molecular complexity index is 1050. The first-order chi connectivity index (χ1) is 14.0. The highest BCUT2D eigenvalue weighted by Crippen LogP contribution is 2.30. The highest BCUT2D eigenvalue weighted by Gasteiger charge is 2.13. The van der Waals surface area contributed by atoms with E-state index in [1.54, 1.807) is 12.3 Å². The van der Waals surface area contributed by atoms with Crippen LogP contribution in [0.4, 0.5) is 10.5 Å². The van der Waals surface area contributed by atoms with E-state index in [4.69, 9.17) is 10.3 Å². The number of pyridine rings is 1. The first-order valence-corrected chi connectivity index (χ1v) is 9.20. The van der Waals surface area contributed by atoms with Gasteiger partial charge in [0.25, 0.3) is 0 Å². The van der Waals surface area contributed by atoms with Gasteiger partial charge < -0.3 is 4.74 Å². The van der Waals surface area contributed by atoms with Gasteiger partial charge in [-0.15, -0.1) is 0 Å². The summed E-state index contributed by atoms with van der Waals surface area (Å²) in [6.07, 6.45) is 1.80. The number of amides is 2. The van der Waals surface area contributed by atoms with E-state index in [9.17, 15) is 4.79 Å². The fraction of sp³-hybridized carbons (Fsp3) is 0.182. The number of nitrogens with two attached hydrogens (primary N) is 1. The van der Waals surface area contributed by atoms with Crippen molar-refractivity contribution >= 4 is 11.7 Å². The van der Waals surface area contributed by atoms with Gasteiger partial charge >= 0.3 is 6.03 Å². The van der Waals surface area contributed by atoms with Gasteiger partial charge in [0.05, 0.1) is 16.6 Å². The Hall–Kier alpha value is -3.74. The standard InChI is InChI=1S/C22H23N5O2/c1-14-7-5-11-24-20(14)17-9-10-18(16(3)12-17)13-29-21-15(2)6-4-8-19(21)25-22(28)26-27-23/h4-12H,13H2,1-3H3,(H3,23,25,26,28)/p+1. The molecule has 3 aromatic rings. The lowest BCUT2D eigenvalue weighted by Crippen LogP contribution is -2.35. The number of para-hydroxylation sites is 1. The molecule has 0 atom stereocenters. The van der Waals surface area contributed by atoms with Gasteiger partial charge in [0.1, 0.15) is 12.4 Å². The van der Waals surface area contributed by atoms with E-state index in [1.807, 2.05) is 44.2 Å². The third-order valence-electron chi connectivity index (χ3n) is 4.62. The number of urea groups is 1. The van der Waals surface area contributed by atoms with Gasteiger partial charge in [0, 0.05) is 11.8 Å². The van der Waals surface area contributed by atoms with Gasteiger partial charge in [-0.1, -0.05) is 35.8 Å². The number of carbonyl (C=O) groups is 1. The molecule has 29 heavy (non-hydrogen) atoms. The lowest BCUT2D eigenvalue weighted by Gasteiger charge is -2.15. The maximum Gasteiger partial charge on any atom is 0.431 e. The Labute approximate surface area is 169 Å². The zero-order valence-corrected chi connectivity index (χ0v) is 16.7. The molecule has 2 amide bonds. The SMILES string of the molecule is Cc1cc(-c2ncccc2C)ccc1COc1c(C)cccc1NC(=O)NN=[NH2+]. The van der Waals surface area contributed by atoms with Gasteiger partial charge in [0.2, 0.25) is 0 Å². The van der Waals surface area contributed by atoms with Crippen LogP contribution in [0.3, 0.4) is 0 Å². The lowest BCUT2D eigenvalue weighted by atomic mass is 10.0. The highest BCUT2D eigenvalue weighted by molar-refractivity contribution is 5.90. The molecule has 1 aromatic heterocycles. The van der Waals surface area contributed by atoms with Crippen LogP contribution in [0.25, 0.3) is 11.3 Å². The molecule has 0 radical (unpaired) electrons. The van der Waals surface area contributed by atoms with Crippen LogP contribution in [-0.2, 0) is 6.61 Å². The van der Waals surface area contributed by atoms with Gasteiger partial charge in [-0.25, -0.2) is 4.79 Å². The van der Waals surface area contributed by atoms with Crippen molar-refractivity contribution in [3.05, 3.63) is 77.0 Å². The van der Waals surface area contributed by atoms with Crippen LogP contribution in [0.2, 0.25) is 0 Å². The summed E-state index contributed by atoms with van der Waals surface area (Å²) in [6.45, 7) is 6.39. The zero-order chi connectivity index (χ0) is 20.8. The van der Waals surface area contributed by atoms with Crippen molar-refractivity contribution in [2.24, 2.45) is 5.22 Å². The van der Waals surface area contributed by atoms with Crippen molar-refractivity contribution in [1.29, 1.82) is 0 Å². The van der Waals surface area contributed by atoms with Crippen LogP contribution in [0.1, 0.15) is 22.3 Å². The number of anilines is 1. The third kappa shape index (κ3) is 4.76. The van der Waals surface area contributed by atoms with Gasteiger partial charge in [-0.05, 0) is 61.2 Å². The monoisotopic (exact) mass is 390 g/mol. The normalized spacial score (nSPS) is 10.3. The highest BCUT2D eigenvalue weighted by atomic mass is 16.5. The first kappa shape index (κ1) is 20.0. The molecule has 0 bridgehead atoms. The smallest absolute Gasteiger partial charge is 0.431 e. The molecule has 4 N–H and O–H groups in total. The van der Waals surface area contributed by atoms with E-state index >= 15 is 0 Å². The number of hydrogen-bond acceptors (Lipinski definition) is 4. The van der Waals surface area contributed by atoms with Crippen LogP contribution < -0.4 is 21.0 Å². The van der Waals surface area contributed by atoms with Crippen molar-refractivity contribution in [1.82, 2.24) is 10.4 Å². The van der Waals surface area contributed by atoms with Gasteiger partial charge in [-0.2, -0.15) is 5.53 Å². The maximum atomic E-state index is 11.7. The molecule has 0 saturated heterocycles. The summed E-state index contributed by atoms with van der Waals surface area (Å²) in [7, 11) is 0. The number of carbonyl (C=O) groups excluding carboxylic acids is 1. The number of benzene rings is 2. The number of ether oxygens (including phenoxy) is 1. The number of hydrogen-bond donors (Lipinski definition) is 3. The van der Waals surface area contributed by atoms with E-state index in [-0.39, 0.29) is 0 Å². The van der Waals surface area contributed by atoms with Gasteiger partial charge in [0.15, 0.2) is 0 Å². The topological polar surface area (TPSA) is 101 Å². The fourth-order valence-corrected chi connectivity index (χ4v) is 3.09. The summed E-state index contributed by atoms with van der Waals surface area (Å²) in [5, 5.41) is 5.80. The van der Waals surface area contributed by atoms with Crippen molar-refractivity contribution in [2.75, 3.05) is 5.32 Å². The molecule has 7 nitrogen and oxygen atoms in total. The summed E-state index contributed by atoms with van der Waals surface area (Å²) in [5.74, 6) is 0.601. The Morgan fingerprint density at radius 2 is 1.86 bits per heavy atom. The summed E-state index contributed by atoms with van der Waals surface area (Å²) < 4.78 is 6.06. The fourth-order valence-electron chi connectivity index (χ4n) is 3.09. The molecule has 0 aliphatic rings. The molecular weight excluding hydrogens is 366 g/mol. The molecule has 0 saturated carbocycles. The van der Waals surface area contributed by atoms with Gasteiger partial charge in [-0.3, -0.25) is 10.3 Å². The number of nitrogens with zero attached hydrogens (tertiary/aromatic N) is 2. The van der Waals surface area contributed by atoms with E-state index in [2.05, 4.69) is 40.0 Å². The second-order valence-corrected chi connectivity index (χ2v) is 6.75. The van der Waals surface area contributed by atoms with Crippen LogP contribution >= 0.6 is 0 Å². The molecule has 3 rings (SSSR count). The second-order valence-electron chi connectivity index (χ2n) is 6.75. The molecule has 0 unspecified atom stereocenters. The lowest BCUT2D eigenvalue weighted by molar-refractivity contribution is -0.228. The minimum Gasteiger partial charge on any atom is -0.486 e. The minimum absolute atomic E-state index is 0.371. The zero-order valence-electron chi connectivity index (χ0n) is 16.7. The molecular formula is C22H24N5O2+. The van der Waals surface area contributed by atoms with Crippen LogP contribution in [0.5, 0.6) is 5.75 Å². The summed E-state index contributed by atoms with van der Waals surface area (Å²) in [5.41, 5.74) is 13.9. The molecule has 0 spiro atoms. The Balaban J connectivity index is 1.79. The summed E-state index contributed by atoms with van der Waals surface area (Å²) in [4.78, 5) is 16.2. The number of rotatable bonds is 6. The van der Waals surface area contributed by atoms with Crippen LogP contribution in [0, 0.1) is 20.8 Å². The Morgan fingerprint density at radius 3 is 2.59 bits per heavy atom. The van der Waals surface area contributed by atoms with Crippen molar-refractivity contribution in [2.45, 2.75) is 27.4 Å². The van der Waals surface area contributed by atoms with Crippen LogP contribution in [-0.4, -0.2) is 11.0 Å². The van der Waals surface area contributed by atoms with Crippen LogP contribution in [0.15, 0.2) is 60.0 Å². The predicted octanol–water partition coefficient (Wildman–Crippen LogP) is 3.50. The molecule has 7 heteroatoms. The summed E-state index contributed by atoms with van der Waals surface area (Å²) in [6, 6.07) is 15.2. The second kappa shape index (κ2) is 8.97. The first-order valence-electron chi connectivity index (χ1n) is 9.20. The Morgan fingerprint density at radius 1 is 1.07 bits per heavy atom. The van der Waals surface area contributed by atoms with E-state index in [0.717, 1.165) is 33.5 Å². The molecule has 2 aromatic carbocycles. The molecule has 148 valence electrons. The number of aromatic nitrogens is 1. The maximum absolute atomic E-state index is 11.7. The number of nitrogens with one attached hydrogen (secondary N) is 2. The average molecular weight is 390 g/mol. The molecule has 0 aliphatic heterocycles. The third-order valence-corrected chi connectivity index (χ3v) is 4.62. The predicted molar refractivity (Wildman–Crippen MR) is 111 cm³/mol. The van der Waals surface area contributed by atoms with E-state index < -0.39 is 6.03 Å². The largest absolute Gasteiger partial charge is 0.486 e. The quantitative estimate of drug-likeness (QED) is 0.443. The molecule has 0 fully saturated rings. The Kier molecular flexibility index (Phi) is 6.19. The van der Waals surface area contributed by atoms with Crippen molar-refractivity contribution < 1.29 is 15.1 Å². The molecule has 0 aliphatic carbocycles. The number of aryl methyl sites for hydroxylation is 3. The van der Waals surface area contributed by atoms with E-state index in [1.165, 1.54) is 0 Å². The minimum atomic E-state index is -0.533. The van der Waals surface area contributed by atoms with Crippen molar-refractivity contribution in [3.8, 4) is 17.0 Å². The summed E-state index contributed by atoms with van der Waals surface area (Å²) >= 11 is 0.